The third kappa shape index (κ3) is 5.44. The zero-order chi connectivity index (χ0) is 29.4. The molecule has 5 aromatic rings. The summed E-state index contributed by atoms with van der Waals surface area (Å²) in [5, 5.41) is 9.32. The number of aryl methyl sites for hydroxylation is 1. The van der Waals surface area contributed by atoms with Gasteiger partial charge in [0.25, 0.3) is 0 Å². The second-order valence-electron chi connectivity index (χ2n) is 12.4. The maximum Gasteiger partial charge on any atom is 0.178 e. The molecule has 1 fully saturated rings. The highest BCUT2D eigenvalue weighted by molar-refractivity contribution is 6.04. The predicted molar refractivity (Wildman–Crippen MR) is 176 cm³/mol. The summed E-state index contributed by atoms with van der Waals surface area (Å²) in [7, 11) is 0. The van der Waals surface area contributed by atoms with Gasteiger partial charge in [0.2, 0.25) is 0 Å². The van der Waals surface area contributed by atoms with Crippen LogP contribution in [0.1, 0.15) is 57.5 Å². The van der Waals surface area contributed by atoms with Crippen LogP contribution in [0.4, 0.5) is 11.4 Å². The van der Waals surface area contributed by atoms with Gasteiger partial charge in [-0.1, -0.05) is 76.7 Å². The normalized spacial score (nSPS) is 14.1. The number of benzene rings is 3. The van der Waals surface area contributed by atoms with Crippen molar-refractivity contribution in [1.82, 2.24) is 19.5 Å². The fourth-order valence-corrected chi connectivity index (χ4v) is 5.91. The first kappa shape index (κ1) is 27.8. The monoisotopic (exact) mass is 559 g/mol. The van der Waals surface area contributed by atoms with E-state index in [4.69, 9.17) is 15.8 Å². The smallest absolute Gasteiger partial charge is 0.178 e. The van der Waals surface area contributed by atoms with E-state index >= 15 is 0 Å². The minimum Gasteiger partial charge on any atom is -0.342 e. The van der Waals surface area contributed by atoms with Gasteiger partial charge in [-0.25, -0.2) is 14.6 Å². The Morgan fingerprint density at radius 3 is 2.43 bits per heavy atom. The predicted octanol–water partition coefficient (Wildman–Crippen LogP) is 7.42. The van der Waals surface area contributed by atoms with Crippen molar-refractivity contribution in [2.75, 3.05) is 29.6 Å². The number of hydrogen-bond donors (Lipinski definition) is 3. The zero-order valence-corrected chi connectivity index (χ0v) is 25.2. The molecule has 0 atom stereocenters. The van der Waals surface area contributed by atoms with Gasteiger partial charge in [0.05, 0.1) is 6.54 Å². The van der Waals surface area contributed by atoms with Gasteiger partial charge in [-0.3, -0.25) is 4.90 Å². The van der Waals surface area contributed by atoms with Crippen molar-refractivity contribution in [1.29, 1.82) is 0 Å². The molecule has 3 heterocycles. The Labute approximate surface area is 248 Å². The Morgan fingerprint density at radius 1 is 0.952 bits per heavy atom. The summed E-state index contributed by atoms with van der Waals surface area (Å²) in [4.78, 5) is 12.0. The first-order valence-electron chi connectivity index (χ1n) is 14.9. The van der Waals surface area contributed by atoms with Crippen LogP contribution >= 0.6 is 0 Å². The average Bonchev–Trinajstić information content (AvgIpc) is 3.60. The van der Waals surface area contributed by atoms with E-state index in [1.54, 1.807) is 4.68 Å². The van der Waals surface area contributed by atoms with Crippen molar-refractivity contribution in [3.63, 3.8) is 0 Å². The molecule has 0 unspecified atom stereocenters. The lowest BCUT2D eigenvalue weighted by Gasteiger charge is -2.23. The van der Waals surface area contributed by atoms with Crippen LogP contribution in [0.2, 0.25) is 0 Å². The fraction of sp³-hybridized carbons (Fsp3) is 0.314. The maximum atomic E-state index is 6.41. The molecule has 0 radical (unpaired) electrons. The molecule has 216 valence electrons. The molecular formula is C35H41N7. The van der Waals surface area contributed by atoms with Crippen LogP contribution < -0.4 is 16.5 Å². The number of nitrogens with two attached hydrogens (primary N) is 1. The summed E-state index contributed by atoms with van der Waals surface area (Å²) in [6.07, 6.45) is 5.31. The minimum absolute atomic E-state index is 0.0686. The van der Waals surface area contributed by atoms with E-state index in [1.807, 2.05) is 6.20 Å². The number of aromatic nitrogens is 3. The molecule has 3 aromatic carbocycles. The van der Waals surface area contributed by atoms with Gasteiger partial charge in [0.15, 0.2) is 5.65 Å². The summed E-state index contributed by atoms with van der Waals surface area (Å²) in [6, 6.07) is 21.5. The Kier molecular flexibility index (Phi) is 7.37. The molecule has 7 heteroatoms. The molecule has 2 aromatic heterocycles. The summed E-state index contributed by atoms with van der Waals surface area (Å²) in [6.45, 7) is 16.2. The summed E-state index contributed by atoms with van der Waals surface area (Å²) in [5.74, 6) is 7.99. The van der Waals surface area contributed by atoms with E-state index in [1.165, 1.54) is 24.0 Å². The highest BCUT2D eigenvalue weighted by Gasteiger charge is 2.19. The zero-order valence-electron chi connectivity index (χ0n) is 25.2. The van der Waals surface area contributed by atoms with Crippen LogP contribution in [-0.4, -0.2) is 32.6 Å². The lowest BCUT2D eigenvalue weighted by atomic mass is 9.86. The van der Waals surface area contributed by atoms with E-state index < -0.39 is 0 Å². The number of likely N-dealkylation sites (tertiary alicyclic amines) is 1. The van der Waals surface area contributed by atoms with E-state index in [0.717, 1.165) is 76.5 Å². The number of hydrogen-bond acceptors (Lipinski definition) is 6. The second-order valence-corrected chi connectivity index (χ2v) is 12.4. The van der Waals surface area contributed by atoms with Crippen molar-refractivity contribution >= 4 is 33.3 Å². The first-order valence-corrected chi connectivity index (χ1v) is 14.9. The van der Waals surface area contributed by atoms with E-state index in [-0.39, 0.29) is 5.41 Å². The van der Waals surface area contributed by atoms with E-state index in [9.17, 15) is 0 Å². The minimum atomic E-state index is 0.0686. The van der Waals surface area contributed by atoms with E-state index in [0.29, 0.717) is 5.65 Å². The van der Waals surface area contributed by atoms with Crippen LogP contribution in [0, 0.1) is 0 Å². The fourth-order valence-electron chi connectivity index (χ4n) is 5.91. The Morgan fingerprint density at radius 2 is 1.69 bits per heavy atom. The number of imidazole rings is 1. The van der Waals surface area contributed by atoms with Gasteiger partial charge in [-0.05, 0) is 78.0 Å². The molecule has 0 saturated carbocycles. The number of nitrogens with zero attached hydrogens (tertiary/aromatic N) is 4. The van der Waals surface area contributed by atoms with Crippen molar-refractivity contribution in [3.05, 3.63) is 96.2 Å². The highest BCUT2D eigenvalue weighted by atomic mass is 15.4. The van der Waals surface area contributed by atoms with Gasteiger partial charge in [0, 0.05) is 28.5 Å². The number of nitrogen functional groups attached to an aromatic ring is 1. The summed E-state index contributed by atoms with van der Waals surface area (Å²) >= 11 is 0. The van der Waals surface area contributed by atoms with Crippen molar-refractivity contribution in [2.45, 2.75) is 58.9 Å². The Balaban J connectivity index is 1.29. The van der Waals surface area contributed by atoms with Crippen LogP contribution in [0.15, 0.2) is 79.3 Å². The highest BCUT2D eigenvalue weighted by Crippen LogP contribution is 2.35. The molecule has 42 heavy (non-hydrogen) atoms. The molecule has 6 rings (SSSR count). The Hall–Kier alpha value is -4.36. The lowest BCUT2D eigenvalue weighted by molar-refractivity contribution is 0.320. The van der Waals surface area contributed by atoms with Gasteiger partial charge >= 0.3 is 0 Å². The van der Waals surface area contributed by atoms with Crippen LogP contribution in [0.3, 0.4) is 0 Å². The largest absolute Gasteiger partial charge is 0.342 e. The van der Waals surface area contributed by atoms with Crippen LogP contribution in [-0.2, 0) is 18.4 Å². The van der Waals surface area contributed by atoms with Gasteiger partial charge in [-0.2, -0.15) is 0 Å². The third-order valence-corrected chi connectivity index (χ3v) is 8.33. The van der Waals surface area contributed by atoms with Crippen molar-refractivity contribution < 1.29 is 0 Å². The number of pyridine rings is 1. The quantitative estimate of drug-likeness (QED) is 0.172. The number of rotatable bonds is 8. The first-order chi connectivity index (χ1) is 20.2. The summed E-state index contributed by atoms with van der Waals surface area (Å²) in [5.41, 5.74) is 8.34. The van der Waals surface area contributed by atoms with Crippen molar-refractivity contribution in [3.8, 4) is 11.1 Å². The average molecular weight is 560 g/mol. The third-order valence-electron chi connectivity index (χ3n) is 8.33. The standard InChI is InChI=1S/C35H41N7/c1-6-24-13-14-26(35(3,4)5)20-31(24)39-23(2)38-30-16-15-27(28-11-7-8-12-29(28)30)25-19-32-34(37-21-25)42(36)33(40-32)22-41-17-9-10-18-41/h7-8,11-16,19-21,38-39H,2,6,9-10,17-18,22,36H2,1,3-5H3. The summed E-state index contributed by atoms with van der Waals surface area (Å²) < 4.78 is 1.64. The maximum absolute atomic E-state index is 6.41. The van der Waals surface area contributed by atoms with Crippen LogP contribution in [0.5, 0.6) is 0 Å². The topological polar surface area (TPSA) is 84.0 Å². The number of anilines is 2. The Bertz CT molecular complexity index is 1770. The van der Waals surface area contributed by atoms with Gasteiger partial charge in [0.1, 0.15) is 17.2 Å². The second kappa shape index (κ2) is 11.1. The molecule has 1 aliphatic rings. The molecular weight excluding hydrogens is 518 g/mol. The SMILES string of the molecule is C=C(Nc1cc(C(C)(C)C)ccc1CC)Nc1ccc(-c2cnc3c(c2)nc(CN2CCCC2)n3N)c2ccccc12. The molecule has 0 bridgehead atoms. The molecule has 4 N–H and O–H groups in total. The molecule has 0 spiro atoms. The molecule has 7 nitrogen and oxygen atoms in total. The molecule has 1 saturated heterocycles. The van der Waals surface area contributed by atoms with Gasteiger partial charge in [-0.15, -0.1) is 0 Å². The van der Waals surface area contributed by atoms with E-state index in [2.05, 4.69) is 110 Å². The molecule has 1 aliphatic heterocycles. The van der Waals surface area contributed by atoms with Gasteiger partial charge < -0.3 is 16.5 Å². The molecule has 0 aliphatic carbocycles. The lowest BCUT2D eigenvalue weighted by Crippen LogP contribution is -2.23. The molecule has 0 amide bonds. The number of nitrogens with one attached hydrogen (secondary N) is 2. The number of fused-ring (bicyclic) bond motifs is 2. The van der Waals surface area contributed by atoms with Crippen LogP contribution in [0.25, 0.3) is 33.1 Å². The van der Waals surface area contributed by atoms with Crippen molar-refractivity contribution in [2.24, 2.45) is 0 Å².